The molecule has 0 unspecified atom stereocenters. The Morgan fingerprint density at radius 3 is 2.51 bits per heavy atom. The van der Waals surface area contributed by atoms with Crippen molar-refractivity contribution in [2.45, 2.75) is 10.6 Å². The molecule has 0 saturated carbocycles. The molecule has 1 aromatic heterocycles. The molecule has 0 bridgehead atoms. The summed E-state index contributed by atoms with van der Waals surface area (Å²) in [7, 11) is 0. The van der Waals surface area contributed by atoms with Gasteiger partial charge in [-0.2, -0.15) is 0 Å². The molecule has 2 amide bonds. The molecule has 4 aromatic carbocycles. The molecule has 7 nitrogen and oxygen atoms in total. The number of amides is 2. The van der Waals surface area contributed by atoms with Crippen LogP contribution in [0, 0.1) is 0 Å². The van der Waals surface area contributed by atoms with Crippen molar-refractivity contribution in [2.24, 2.45) is 0 Å². The quantitative estimate of drug-likeness (QED) is 0.0975. The van der Waals surface area contributed by atoms with Gasteiger partial charge in [0.2, 0.25) is 0 Å². The van der Waals surface area contributed by atoms with Gasteiger partial charge in [0.25, 0.3) is 11.8 Å². The van der Waals surface area contributed by atoms with Crippen molar-refractivity contribution in [3.63, 3.8) is 0 Å². The summed E-state index contributed by atoms with van der Waals surface area (Å²) >= 11 is 4.84. The number of phenolic OH excluding ortho intramolecular Hbond substituents is 1. The average Bonchev–Trinajstić information content (AvgIpc) is 2.96. The van der Waals surface area contributed by atoms with Gasteiger partial charge in [0.1, 0.15) is 17.0 Å². The van der Waals surface area contributed by atoms with Crippen molar-refractivity contribution < 1.29 is 19.1 Å². The van der Waals surface area contributed by atoms with Crippen LogP contribution in [0.2, 0.25) is 0 Å². The first-order valence-corrected chi connectivity index (χ1v) is 14.3. The van der Waals surface area contributed by atoms with Crippen molar-refractivity contribution in [2.75, 3.05) is 5.32 Å². The summed E-state index contributed by atoms with van der Waals surface area (Å²) in [5, 5.41) is 15.9. The van der Waals surface area contributed by atoms with Crippen molar-refractivity contribution in [1.82, 2.24) is 5.32 Å². The van der Waals surface area contributed by atoms with Gasteiger partial charge in [0, 0.05) is 43.4 Å². The number of carbonyl (C=O) groups is 2. The molecule has 0 saturated heterocycles. The van der Waals surface area contributed by atoms with E-state index < -0.39 is 17.4 Å². The van der Waals surface area contributed by atoms with Gasteiger partial charge in [0.15, 0.2) is 0 Å². The molecule has 5 rings (SSSR count). The van der Waals surface area contributed by atoms with Gasteiger partial charge in [-0.05, 0) is 72.3 Å². The number of aromatic hydroxyl groups is 1. The van der Waals surface area contributed by atoms with Gasteiger partial charge >= 0.3 is 5.63 Å². The smallest absolute Gasteiger partial charge is 0.340 e. The van der Waals surface area contributed by atoms with E-state index in [0.29, 0.717) is 33.5 Å². The summed E-state index contributed by atoms with van der Waals surface area (Å²) < 4.78 is 6.19. The highest BCUT2D eigenvalue weighted by Gasteiger charge is 2.16. The summed E-state index contributed by atoms with van der Waals surface area (Å²) in [5.74, 6) is -0.529. The minimum atomic E-state index is -0.491. The third-order valence-electron chi connectivity index (χ3n) is 5.97. The molecular formula is C32H23BrN2O5S. The van der Waals surface area contributed by atoms with Crippen molar-refractivity contribution in [3.8, 4) is 5.75 Å². The Morgan fingerprint density at radius 1 is 0.902 bits per heavy atom. The maximum Gasteiger partial charge on any atom is 0.340 e. The molecule has 0 aliphatic carbocycles. The highest BCUT2D eigenvalue weighted by molar-refractivity contribution is 9.10. The average molecular weight is 628 g/mol. The van der Waals surface area contributed by atoms with Crippen LogP contribution in [0.4, 0.5) is 5.69 Å². The number of hydrogen-bond donors (Lipinski definition) is 3. The second kappa shape index (κ2) is 12.7. The van der Waals surface area contributed by atoms with Crippen LogP contribution in [0.3, 0.4) is 0 Å². The van der Waals surface area contributed by atoms with Crippen molar-refractivity contribution >= 4 is 62.2 Å². The molecule has 0 fully saturated rings. The van der Waals surface area contributed by atoms with E-state index in [2.05, 4.69) is 26.6 Å². The maximum atomic E-state index is 13.4. The number of carbonyl (C=O) groups excluding carboxylic acids is 2. The summed E-state index contributed by atoms with van der Waals surface area (Å²) in [4.78, 5) is 39.5. The summed E-state index contributed by atoms with van der Waals surface area (Å²) in [6.45, 7) is 0. The van der Waals surface area contributed by atoms with E-state index in [1.807, 2.05) is 36.4 Å². The fourth-order valence-corrected chi connectivity index (χ4v) is 5.30. The minimum Gasteiger partial charge on any atom is -0.508 e. The molecule has 1 heterocycles. The van der Waals surface area contributed by atoms with Crippen LogP contribution in [0.25, 0.3) is 17.0 Å². The minimum absolute atomic E-state index is 0.0240. The third-order valence-corrected chi connectivity index (χ3v) is 7.50. The van der Waals surface area contributed by atoms with Crippen LogP contribution in [-0.2, 0) is 10.5 Å². The van der Waals surface area contributed by atoms with E-state index in [1.165, 1.54) is 23.9 Å². The van der Waals surface area contributed by atoms with Gasteiger partial charge in [-0.3, -0.25) is 9.59 Å². The molecule has 0 aliphatic rings. The molecule has 0 atom stereocenters. The maximum absolute atomic E-state index is 13.4. The van der Waals surface area contributed by atoms with Crippen molar-refractivity contribution in [1.29, 1.82) is 0 Å². The Hall–Kier alpha value is -4.60. The van der Waals surface area contributed by atoms with Crippen LogP contribution in [0.15, 0.2) is 127 Å². The van der Waals surface area contributed by atoms with Gasteiger partial charge in [-0.25, -0.2) is 4.79 Å². The highest BCUT2D eigenvalue weighted by Crippen LogP contribution is 2.27. The molecule has 204 valence electrons. The second-order valence-corrected chi connectivity index (χ2v) is 10.9. The number of rotatable bonds is 8. The molecule has 3 N–H and O–H groups in total. The summed E-state index contributed by atoms with van der Waals surface area (Å²) in [5.41, 5.74) is 2.08. The number of hydrogen-bond acceptors (Lipinski definition) is 6. The molecular weight excluding hydrogens is 604 g/mol. The fourth-order valence-electron chi connectivity index (χ4n) is 3.97. The first-order valence-electron chi connectivity index (χ1n) is 12.5. The molecule has 41 heavy (non-hydrogen) atoms. The van der Waals surface area contributed by atoms with E-state index in [0.717, 1.165) is 14.9 Å². The number of nitrogens with one attached hydrogen (secondary N) is 2. The molecule has 0 spiro atoms. The van der Waals surface area contributed by atoms with E-state index in [-0.39, 0.29) is 11.4 Å². The zero-order valence-corrected chi connectivity index (χ0v) is 23.9. The largest absolute Gasteiger partial charge is 0.508 e. The Kier molecular flexibility index (Phi) is 8.67. The monoisotopic (exact) mass is 626 g/mol. The number of benzene rings is 4. The number of anilines is 1. The topological polar surface area (TPSA) is 109 Å². The van der Waals surface area contributed by atoms with Gasteiger partial charge in [-0.1, -0.05) is 52.3 Å². The van der Waals surface area contributed by atoms with E-state index in [1.54, 1.807) is 60.7 Å². The lowest BCUT2D eigenvalue weighted by atomic mass is 10.1. The Bertz CT molecular complexity index is 1840. The SMILES string of the molecule is O=C(Nc1cccc(SCc2cc3ccc(O)cc3oc2=O)c1)/C(=C\c1cccc(Br)c1)NC(=O)c1ccccc1. The third kappa shape index (κ3) is 7.33. The number of fused-ring (bicyclic) bond motifs is 1. The molecule has 0 radical (unpaired) electrons. The van der Waals surface area contributed by atoms with E-state index in [9.17, 15) is 19.5 Å². The van der Waals surface area contributed by atoms with E-state index in [4.69, 9.17) is 4.42 Å². The Morgan fingerprint density at radius 2 is 1.71 bits per heavy atom. The number of thioether (sulfide) groups is 1. The first kappa shape index (κ1) is 27.9. The van der Waals surface area contributed by atoms with Gasteiger partial charge < -0.3 is 20.2 Å². The zero-order chi connectivity index (χ0) is 28.8. The van der Waals surface area contributed by atoms with Crippen LogP contribution < -0.4 is 16.3 Å². The standard InChI is InChI=1S/C32H23BrN2O5S/c33-24-9-4-6-20(14-24)15-28(35-30(37)21-7-2-1-3-8-21)31(38)34-25-10-5-11-27(17-25)41-19-23-16-22-12-13-26(36)18-29(22)40-32(23)39/h1-18,36H,19H2,(H,34,38)(H,35,37)/b28-15+. The fraction of sp³-hybridized carbons (Fsp3) is 0.0312. The van der Waals surface area contributed by atoms with Crippen molar-refractivity contribution in [3.05, 3.63) is 140 Å². The summed E-state index contributed by atoms with van der Waals surface area (Å²) in [6, 6.07) is 29.6. The lowest BCUT2D eigenvalue weighted by molar-refractivity contribution is -0.113. The first-order chi connectivity index (χ1) is 19.8. The lowest BCUT2D eigenvalue weighted by Crippen LogP contribution is -2.30. The molecule has 0 aliphatic heterocycles. The summed E-state index contributed by atoms with van der Waals surface area (Å²) in [6.07, 6.45) is 1.61. The van der Waals surface area contributed by atoms with E-state index >= 15 is 0 Å². The second-order valence-electron chi connectivity index (χ2n) is 8.99. The molecule has 9 heteroatoms. The normalized spacial score (nSPS) is 11.3. The zero-order valence-electron chi connectivity index (χ0n) is 21.5. The van der Waals surface area contributed by atoms with Crippen LogP contribution >= 0.6 is 27.7 Å². The number of halogens is 1. The predicted molar refractivity (Wildman–Crippen MR) is 165 cm³/mol. The Labute approximate surface area is 248 Å². The predicted octanol–water partition coefficient (Wildman–Crippen LogP) is 6.96. The van der Waals surface area contributed by atoms with Crippen LogP contribution in [-0.4, -0.2) is 16.9 Å². The number of phenols is 1. The Balaban J connectivity index is 1.33. The van der Waals surface area contributed by atoms with Gasteiger partial charge in [0.05, 0.1) is 0 Å². The highest BCUT2D eigenvalue weighted by atomic mass is 79.9. The van der Waals surface area contributed by atoms with Crippen LogP contribution in [0.5, 0.6) is 5.75 Å². The van der Waals surface area contributed by atoms with Crippen LogP contribution in [0.1, 0.15) is 21.5 Å². The lowest BCUT2D eigenvalue weighted by Gasteiger charge is -2.12. The molecule has 5 aromatic rings. The van der Waals surface area contributed by atoms with Gasteiger partial charge in [-0.15, -0.1) is 11.8 Å².